The first-order valence-electron chi connectivity index (χ1n) is 9.59. The summed E-state index contributed by atoms with van der Waals surface area (Å²) in [6.45, 7) is 7.20. The summed E-state index contributed by atoms with van der Waals surface area (Å²) in [5.41, 5.74) is 3.54. The fourth-order valence-electron chi connectivity index (χ4n) is 3.29. The lowest BCUT2D eigenvalue weighted by molar-refractivity contribution is -0.116. The molecule has 7 nitrogen and oxygen atoms in total. The summed E-state index contributed by atoms with van der Waals surface area (Å²) in [6, 6.07) is 11.9. The average molecular weight is 418 g/mol. The van der Waals surface area contributed by atoms with Gasteiger partial charge < -0.3 is 15.4 Å². The van der Waals surface area contributed by atoms with Crippen LogP contribution >= 0.6 is 0 Å². The van der Waals surface area contributed by atoms with E-state index in [2.05, 4.69) is 16.7 Å². The van der Waals surface area contributed by atoms with E-state index in [0.29, 0.717) is 32.0 Å². The summed E-state index contributed by atoms with van der Waals surface area (Å²) >= 11 is 0. The van der Waals surface area contributed by atoms with Gasteiger partial charge in [0, 0.05) is 24.5 Å². The van der Waals surface area contributed by atoms with E-state index in [0.717, 1.165) is 16.8 Å². The highest BCUT2D eigenvalue weighted by Crippen LogP contribution is 2.21. The molecule has 1 saturated heterocycles. The highest BCUT2D eigenvalue weighted by molar-refractivity contribution is 7.89. The van der Waals surface area contributed by atoms with Crippen LogP contribution in [0.3, 0.4) is 0 Å². The molecule has 1 heterocycles. The van der Waals surface area contributed by atoms with Crippen molar-refractivity contribution in [2.45, 2.75) is 31.7 Å². The van der Waals surface area contributed by atoms with Crippen molar-refractivity contribution >= 4 is 27.3 Å². The summed E-state index contributed by atoms with van der Waals surface area (Å²) in [7, 11) is -3.61. The summed E-state index contributed by atoms with van der Waals surface area (Å²) in [6.07, 6.45) is 0. The zero-order valence-corrected chi connectivity index (χ0v) is 17.8. The van der Waals surface area contributed by atoms with Crippen molar-refractivity contribution < 1.29 is 17.9 Å². The molecule has 8 heteroatoms. The van der Waals surface area contributed by atoms with Crippen LogP contribution in [0, 0.1) is 13.8 Å². The highest BCUT2D eigenvalue weighted by atomic mass is 32.2. The van der Waals surface area contributed by atoms with Crippen LogP contribution in [0.1, 0.15) is 18.1 Å². The number of benzene rings is 2. The quantitative estimate of drug-likeness (QED) is 0.755. The first kappa shape index (κ1) is 21.3. The largest absolute Gasteiger partial charge is 0.379 e. The standard InChI is InChI=1S/C21H27N3O4S/c1-15-11-16(2)13-19(12-15)22-17(3)21(25)23-18-5-4-6-20(14-18)29(26,27)24-7-9-28-10-8-24/h4-6,11-14,17,22H,7-10H2,1-3H3,(H,23,25)/t17-/m1/s1. The fourth-order valence-corrected chi connectivity index (χ4v) is 4.75. The van der Waals surface area contributed by atoms with Crippen molar-refractivity contribution in [2.24, 2.45) is 0 Å². The SMILES string of the molecule is Cc1cc(C)cc(N[C@H](C)C(=O)Nc2cccc(S(=O)(=O)N3CCOCC3)c2)c1. The molecule has 0 saturated carbocycles. The van der Waals surface area contributed by atoms with Crippen LogP contribution in [-0.2, 0) is 19.6 Å². The molecular formula is C21H27N3O4S. The van der Waals surface area contributed by atoms with Crippen LogP contribution in [0.15, 0.2) is 47.4 Å². The minimum absolute atomic E-state index is 0.159. The van der Waals surface area contributed by atoms with Gasteiger partial charge in [0.15, 0.2) is 0 Å². The van der Waals surface area contributed by atoms with Crippen molar-refractivity contribution in [3.8, 4) is 0 Å². The second-order valence-electron chi connectivity index (χ2n) is 7.28. The highest BCUT2D eigenvalue weighted by Gasteiger charge is 2.26. The van der Waals surface area contributed by atoms with Crippen molar-refractivity contribution in [3.63, 3.8) is 0 Å². The molecule has 1 aliphatic heterocycles. The summed E-state index contributed by atoms with van der Waals surface area (Å²) in [5, 5.41) is 5.99. The number of sulfonamides is 1. The third kappa shape index (κ3) is 5.35. The minimum Gasteiger partial charge on any atom is -0.379 e. The molecule has 0 unspecified atom stereocenters. The Morgan fingerprint density at radius 1 is 1.03 bits per heavy atom. The Balaban J connectivity index is 1.69. The lowest BCUT2D eigenvalue weighted by atomic mass is 10.1. The van der Waals surface area contributed by atoms with E-state index in [9.17, 15) is 13.2 Å². The Bertz CT molecular complexity index is 965. The molecule has 1 amide bonds. The van der Waals surface area contributed by atoms with Crippen LogP contribution in [-0.4, -0.2) is 51.0 Å². The van der Waals surface area contributed by atoms with Gasteiger partial charge in [0.25, 0.3) is 0 Å². The van der Waals surface area contributed by atoms with E-state index >= 15 is 0 Å². The Hall–Kier alpha value is -2.42. The van der Waals surface area contributed by atoms with Gasteiger partial charge in [-0.2, -0.15) is 4.31 Å². The van der Waals surface area contributed by atoms with E-state index < -0.39 is 16.1 Å². The second-order valence-corrected chi connectivity index (χ2v) is 9.21. The van der Waals surface area contributed by atoms with Gasteiger partial charge in [-0.05, 0) is 62.2 Å². The number of anilines is 2. The Labute approximate surface area is 172 Å². The van der Waals surface area contributed by atoms with Gasteiger partial charge in [-0.25, -0.2) is 8.42 Å². The molecule has 0 spiro atoms. The first-order chi connectivity index (χ1) is 13.8. The van der Waals surface area contributed by atoms with Gasteiger partial charge >= 0.3 is 0 Å². The van der Waals surface area contributed by atoms with E-state index in [1.54, 1.807) is 19.1 Å². The number of hydrogen-bond donors (Lipinski definition) is 2. The number of ether oxygens (including phenoxy) is 1. The molecule has 29 heavy (non-hydrogen) atoms. The first-order valence-corrected chi connectivity index (χ1v) is 11.0. The topological polar surface area (TPSA) is 87.7 Å². The molecule has 0 aliphatic carbocycles. The number of carbonyl (C=O) groups excluding carboxylic acids is 1. The summed E-state index contributed by atoms with van der Waals surface area (Å²) in [5.74, 6) is -0.245. The van der Waals surface area contributed by atoms with Crippen molar-refractivity contribution in [3.05, 3.63) is 53.6 Å². The molecule has 2 N–H and O–H groups in total. The Kier molecular flexibility index (Phi) is 6.56. The molecule has 1 fully saturated rings. The predicted octanol–water partition coefficient (Wildman–Crippen LogP) is 2.76. The maximum absolute atomic E-state index is 12.8. The molecule has 0 radical (unpaired) electrons. The van der Waals surface area contributed by atoms with Gasteiger partial charge in [-0.3, -0.25) is 4.79 Å². The summed E-state index contributed by atoms with van der Waals surface area (Å²) < 4.78 is 32.3. The van der Waals surface area contributed by atoms with Crippen LogP contribution in [0.5, 0.6) is 0 Å². The normalized spacial score (nSPS) is 16.2. The van der Waals surface area contributed by atoms with Crippen molar-refractivity contribution in [2.75, 3.05) is 36.9 Å². The molecule has 156 valence electrons. The zero-order chi connectivity index (χ0) is 21.0. The third-order valence-corrected chi connectivity index (χ3v) is 6.60. The number of morpholine rings is 1. The second kappa shape index (κ2) is 8.94. The number of nitrogens with zero attached hydrogens (tertiary/aromatic N) is 1. The molecule has 2 aromatic rings. The maximum Gasteiger partial charge on any atom is 0.246 e. The molecular weight excluding hydrogens is 390 g/mol. The summed E-state index contributed by atoms with van der Waals surface area (Å²) in [4.78, 5) is 12.8. The van der Waals surface area contributed by atoms with Crippen LogP contribution < -0.4 is 10.6 Å². The number of carbonyl (C=O) groups is 1. The van der Waals surface area contributed by atoms with E-state index in [1.165, 1.54) is 16.4 Å². The van der Waals surface area contributed by atoms with Gasteiger partial charge in [0.1, 0.15) is 6.04 Å². The van der Waals surface area contributed by atoms with Crippen LogP contribution in [0.25, 0.3) is 0 Å². The number of nitrogens with one attached hydrogen (secondary N) is 2. The van der Waals surface area contributed by atoms with Crippen LogP contribution in [0.4, 0.5) is 11.4 Å². The predicted molar refractivity (Wildman–Crippen MR) is 114 cm³/mol. The van der Waals surface area contributed by atoms with E-state index in [1.807, 2.05) is 26.0 Å². The third-order valence-electron chi connectivity index (χ3n) is 4.71. The van der Waals surface area contributed by atoms with Gasteiger partial charge in [-0.1, -0.05) is 12.1 Å². The Morgan fingerprint density at radius 2 is 1.69 bits per heavy atom. The van der Waals surface area contributed by atoms with Gasteiger partial charge in [-0.15, -0.1) is 0 Å². The number of amides is 1. The zero-order valence-electron chi connectivity index (χ0n) is 16.9. The van der Waals surface area contributed by atoms with Gasteiger partial charge in [0.05, 0.1) is 18.1 Å². The molecule has 0 aromatic heterocycles. The molecule has 1 aliphatic rings. The number of hydrogen-bond acceptors (Lipinski definition) is 5. The van der Waals surface area contributed by atoms with E-state index in [-0.39, 0.29) is 10.8 Å². The fraction of sp³-hybridized carbons (Fsp3) is 0.381. The average Bonchev–Trinajstić information content (AvgIpc) is 2.68. The van der Waals surface area contributed by atoms with E-state index in [4.69, 9.17) is 4.74 Å². The molecule has 0 bridgehead atoms. The van der Waals surface area contributed by atoms with Crippen molar-refractivity contribution in [1.29, 1.82) is 0 Å². The van der Waals surface area contributed by atoms with Crippen LogP contribution in [0.2, 0.25) is 0 Å². The lowest BCUT2D eigenvalue weighted by Crippen LogP contribution is -2.40. The maximum atomic E-state index is 12.8. The molecule has 1 atom stereocenters. The Morgan fingerprint density at radius 3 is 2.34 bits per heavy atom. The molecule has 2 aromatic carbocycles. The monoisotopic (exact) mass is 417 g/mol. The number of aryl methyl sites for hydroxylation is 2. The lowest BCUT2D eigenvalue weighted by Gasteiger charge is -2.26. The smallest absolute Gasteiger partial charge is 0.246 e. The van der Waals surface area contributed by atoms with Gasteiger partial charge in [0.2, 0.25) is 15.9 Å². The number of rotatable bonds is 6. The molecule has 3 rings (SSSR count). The van der Waals surface area contributed by atoms with Crippen molar-refractivity contribution in [1.82, 2.24) is 4.31 Å². The minimum atomic E-state index is -3.61.